The Labute approximate surface area is 164 Å². The Morgan fingerprint density at radius 3 is 2.65 bits per heavy atom. The van der Waals surface area contributed by atoms with Crippen LogP contribution in [0.15, 0.2) is 52.9 Å². The summed E-state index contributed by atoms with van der Waals surface area (Å²) >= 11 is 2.26. The maximum atomic E-state index is 12.2. The number of hydrogen-bond acceptors (Lipinski definition) is 5. The Kier molecular flexibility index (Phi) is 4.96. The Hall–Kier alpha value is -2.29. The van der Waals surface area contributed by atoms with Crippen LogP contribution in [0.1, 0.15) is 5.56 Å². The average Bonchev–Trinajstić information content (AvgIpc) is 3.10. The van der Waals surface area contributed by atoms with Crippen LogP contribution in [0.4, 0.5) is 10.8 Å². The zero-order chi connectivity index (χ0) is 17.9. The van der Waals surface area contributed by atoms with Gasteiger partial charge in [-0.2, -0.15) is 4.98 Å². The number of benzene rings is 2. The monoisotopic (exact) mass is 463 g/mol. The van der Waals surface area contributed by atoms with Crippen molar-refractivity contribution >= 4 is 45.8 Å². The molecule has 0 unspecified atom stereocenters. The number of anilines is 1. The molecule has 1 aromatic heterocycles. The van der Waals surface area contributed by atoms with E-state index in [9.17, 15) is 4.79 Å². The van der Waals surface area contributed by atoms with E-state index in [1.165, 1.54) is 0 Å². The van der Waals surface area contributed by atoms with Gasteiger partial charge in [-0.15, -0.1) is 0 Å². The van der Waals surface area contributed by atoms with E-state index in [0.717, 1.165) is 20.2 Å². The van der Waals surface area contributed by atoms with Gasteiger partial charge in [-0.3, -0.25) is 0 Å². The third kappa shape index (κ3) is 3.77. The van der Waals surface area contributed by atoms with Gasteiger partial charge in [-0.1, -0.05) is 30.3 Å². The molecule has 0 N–H and O–H groups in total. The van der Waals surface area contributed by atoms with Gasteiger partial charge < -0.3 is 19.0 Å². The summed E-state index contributed by atoms with van der Waals surface area (Å²) in [4.78, 5) is 20.6. The van der Waals surface area contributed by atoms with Crippen molar-refractivity contribution < 1.29 is 13.9 Å². The molecule has 2 heterocycles. The van der Waals surface area contributed by atoms with Crippen molar-refractivity contribution in [3.63, 3.8) is 0 Å². The van der Waals surface area contributed by atoms with Crippen molar-refractivity contribution in [2.75, 3.05) is 31.1 Å². The molecule has 0 aliphatic carbocycles. The number of rotatable bonds is 3. The highest BCUT2D eigenvalue weighted by Gasteiger charge is 2.25. The molecule has 1 amide bonds. The van der Waals surface area contributed by atoms with Crippen molar-refractivity contribution in [1.82, 2.24) is 9.88 Å². The second-order valence-electron chi connectivity index (χ2n) is 6.12. The molecule has 0 bridgehead atoms. The SMILES string of the molecule is O=C(OCc1ccccc1)N1CCN(c2nc3cc(I)ccc3o2)CC1. The molecule has 1 aliphatic heterocycles. The van der Waals surface area contributed by atoms with Gasteiger partial charge in [0.15, 0.2) is 5.58 Å². The molecule has 0 spiro atoms. The maximum Gasteiger partial charge on any atom is 0.410 e. The lowest BCUT2D eigenvalue weighted by molar-refractivity contribution is 0.0938. The summed E-state index contributed by atoms with van der Waals surface area (Å²) in [6, 6.07) is 16.2. The van der Waals surface area contributed by atoms with Gasteiger partial charge in [0.05, 0.1) is 0 Å². The normalized spacial score (nSPS) is 14.7. The molecule has 0 saturated carbocycles. The first kappa shape index (κ1) is 17.1. The van der Waals surface area contributed by atoms with Gasteiger partial charge >= 0.3 is 6.09 Å². The van der Waals surface area contributed by atoms with Crippen LogP contribution >= 0.6 is 22.6 Å². The lowest BCUT2D eigenvalue weighted by atomic mass is 10.2. The number of hydrogen-bond donors (Lipinski definition) is 0. The molecule has 1 fully saturated rings. The molecule has 26 heavy (non-hydrogen) atoms. The molecule has 1 saturated heterocycles. The lowest BCUT2D eigenvalue weighted by Crippen LogP contribution is -2.49. The first-order chi connectivity index (χ1) is 12.7. The largest absolute Gasteiger partial charge is 0.445 e. The standard InChI is InChI=1S/C19H18IN3O3/c20-15-6-7-17-16(12-15)21-18(26-17)22-8-10-23(11-9-22)19(24)25-13-14-4-2-1-3-5-14/h1-7,12H,8-11,13H2. The predicted octanol–water partition coefficient (Wildman–Crippen LogP) is 3.89. The highest BCUT2D eigenvalue weighted by molar-refractivity contribution is 14.1. The zero-order valence-electron chi connectivity index (χ0n) is 14.1. The zero-order valence-corrected chi connectivity index (χ0v) is 16.3. The first-order valence-electron chi connectivity index (χ1n) is 8.46. The summed E-state index contributed by atoms with van der Waals surface area (Å²) < 4.78 is 12.4. The number of piperazine rings is 1. The third-order valence-electron chi connectivity index (χ3n) is 4.35. The summed E-state index contributed by atoms with van der Waals surface area (Å²) in [6.07, 6.45) is -0.277. The minimum atomic E-state index is -0.277. The molecule has 2 aromatic carbocycles. The predicted molar refractivity (Wildman–Crippen MR) is 107 cm³/mol. The second kappa shape index (κ2) is 7.53. The summed E-state index contributed by atoms with van der Waals surface area (Å²) in [5.74, 6) is 0. The average molecular weight is 463 g/mol. The van der Waals surface area contributed by atoms with Gasteiger partial charge in [0.25, 0.3) is 6.01 Å². The quantitative estimate of drug-likeness (QED) is 0.552. The van der Waals surface area contributed by atoms with E-state index in [0.29, 0.717) is 38.8 Å². The smallest absolute Gasteiger partial charge is 0.410 e. The molecule has 7 heteroatoms. The van der Waals surface area contributed by atoms with Crippen LogP contribution in [-0.4, -0.2) is 42.2 Å². The molecule has 1 aliphatic rings. The molecule has 6 nitrogen and oxygen atoms in total. The van der Waals surface area contributed by atoms with E-state index < -0.39 is 0 Å². The fourth-order valence-electron chi connectivity index (χ4n) is 2.91. The number of carbonyl (C=O) groups excluding carboxylic acids is 1. The number of oxazole rings is 1. The Balaban J connectivity index is 1.33. The van der Waals surface area contributed by atoms with E-state index in [1.807, 2.05) is 48.5 Å². The minimum absolute atomic E-state index is 0.277. The molecule has 0 radical (unpaired) electrons. The van der Waals surface area contributed by atoms with E-state index in [4.69, 9.17) is 9.15 Å². The third-order valence-corrected chi connectivity index (χ3v) is 5.02. The fraction of sp³-hybridized carbons (Fsp3) is 0.263. The minimum Gasteiger partial charge on any atom is -0.445 e. The van der Waals surface area contributed by atoms with Crippen LogP contribution in [0.3, 0.4) is 0 Å². The summed E-state index contributed by atoms with van der Waals surface area (Å²) in [7, 11) is 0. The first-order valence-corrected chi connectivity index (χ1v) is 9.53. The Bertz CT molecular complexity index is 905. The van der Waals surface area contributed by atoms with Gasteiger partial charge in [0.2, 0.25) is 0 Å². The van der Waals surface area contributed by atoms with Crippen LogP contribution in [0.2, 0.25) is 0 Å². The maximum absolute atomic E-state index is 12.2. The molecule has 0 atom stereocenters. The Morgan fingerprint density at radius 1 is 1.12 bits per heavy atom. The second-order valence-corrected chi connectivity index (χ2v) is 7.37. The number of ether oxygens (including phenoxy) is 1. The summed E-state index contributed by atoms with van der Waals surface area (Å²) in [5, 5.41) is 0. The van der Waals surface area contributed by atoms with Crippen LogP contribution in [0.25, 0.3) is 11.1 Å². The molecular formula is C19H18IN3O3. The van der Waals surface area contributed by atoms with Crippen molar-refractivity contribution in [3.8, 4) is 0 Å². The van der Waals surface area contributed by atoms with Gasteiger partial charge in [0, 0.05) is 29.7 Å². The highest BCUT2D eigenvalue weighted by atomic mass is 127. The summed E-state index contributed by atoms with van der Waals surface area (Å²) in [6.45, 7) is 2.81. The van der Waals surface area contributed by atoms with Crippen LogP contribution in [-0.2, 0) is 11.3 Å². The molecule has 3 aromatic rings. The van der Waals surface area contributed by atoms with Crippen LogP contribution in [0, 0.1) is 3.57 Å². The number of nitrogens with zero attached hydrogens (tertiary/aromatic N) is 3. The topological polar surface area (TPSA) is 58.8 Å². The van der Waals surface area contributed by atoms with Crippen LogP contribution in [0.5, 0.6) is 0 Å². The number of fused-ring (bicyclic) bond motifs is 1. The van der Waals surface area contributed by atoms with Gasteiger partial charge in [-0.05, 0) is 46.4 Å². The Morgan fingerprint density at radius 2 is 1.88 bits per heavy atom. The van der Waals surface area contributed by atoms with Crippen LogP contribution < -0.4 is 4.90 Å². The fourth-order valence-corrected chi connectivity index (χ4v) is 3.39. The van der Waals surface area contributed by atoms with E-state index in [2.05, 4.69) is 32.5 Å². The van der Waals surface area contributed by atoms with E-state index in [1.54, 1.807) is 4.90 Å². The van der Waals surface area contributed by atoms with Crippen molar-refractivity contribution in [3.05, 3.63) is 57.7 Å². The van der Waals surface area contributed by atoms with E-state index >= 15 is 0 Å². The number of amides is 1. The summed E-state index contributed by atoms with van der Waals surface area (Å²) in [5.41, 5.74) is 2.63. The number of carbonyl (C=O) groups is 1. The number of aromatic nitrogens is 1. The van der Waals surface area contributed by atoms with Gasteiger partial charge in [0.1, 0.15) is 12.1 Å². The highest BCUT2D eigenvalue weighted by Crippen LogP contribution is 2.24. The van der Waals surface area contributed by atoms with Crippen molar-refractivity contribution in [1.29, 1.82) is 0 Å². The van der Waals surface area contributed by atoms with E-state index in [-0.39, 0.29) is 6.09 Å². The van der Waals surface area contributed by atoms with Gasteiger partial charge in [-0.25, -0.2) is 4.79 Å². The molecular weight excluding hydrogens is 445 g/mol. The molecule has 134 valence electrons. The molecule has 4 rings (SSSR count). The number of halogens is 1. The van der Waals surface area contributed by atoms with Crippen molar-refractivity contribution in [2.45, 2.75) is 6.61 Å². The lowest BCUT2D eigenvalue weighted by Gasteiger charge is -2.33. The van der Waals surface area contributed by atoms with Crippen molar-refractivity contribution in [2.24, 2.45) is 0 Å².